The number of imide groups is 1. The van der Waals surface area contributed by atoms with Crippen LogP contribution in [0.3, 0.4) is 0 Å². The molecule has 1 aromatic heterocycles. The standard InChI is InChI=1S/C20H20F3N3O5S/c21-20(22,23)12-24-19(29)25-16(27)11-31-18(28)15-10-14(13-4-2-1-3-5-13)17(32-15)26-6-8-30-9-7-26/h1-5,10H,6-9,11-12H2,(H2,24,25,27,29). The van der Waals surface area contributed by atoms with Gasteiger partial charge in [0.25, 0.3) is 5.91 Å². The third-order valence-electron chi connectivity index (χ3n) is 4.33. The number of nitrogens with zero attached hydrogens (tertiary/aromatic N) is 1. The average Bonchev–Trinajstić information content (AvgIpc) is 3.22. The van der Waals surface area contributed by atoms with E-state index in [-0.39, 0.29) is 4.88 Å². The normalized spacial score (nSPS) is 14.0. The lowest BCUT2D eigenvalue weighted by atomic mass is 10.1. The fraction of sp³-hybridized carbons (Fsp3) is 0.350. The van der Waals surface area contributed by atoms with Gasteiger partial charge in [0.05, 0.1) is 18.2 Å². The van der Waals surface area contributed by atoms with Crippen molar-refractivity contribution in [1.29, 1.82) is 0 Å². The van der Waals surface area contributed by atoms with Gasteiger partial charge in [0, 0.05) is 18.7 Å². The molecule has 1 aliphatic heterocycles. The Morgan fingerprint density at radius 1 is 1.12 bits per heavy atom. The number of esters is 1. The van der Waals surface area contributed by atoms with Crippen LogP contribution in [0.2, 0.25) is 0 Å². The zero-order chi connectivity index (χ0) is 23.1. The van der Waals surface area contributed by atoms with Crippen LogP contribution in [0.5, 0.6) is 0 Å². The lowest BCUT2D eigenvalue weighted by Gasteiger charge is -2.28. The Balaban J connectivity index is 1.64. The molecule has 0 saturated carbocycles. The molecular weight excluding hydrogens is 451 g/mol. The van der Waals surface area contributed by atoms with Gasteiger partial charge in [-0.25, -0.2) is 9.59 Å². The van der Waals surface area contributed by atoms with Crippen LogP contribution in [0.15, 0.2) is 36.4 Å². The molecule has 0 spiro atoms. The van der Waals surface area contributed by atoms with Gasteiger partial charge in [-0.05, 0) is 11.6 Å². The van der Waals surface area contributed by atoms with E-state index in [1.54, 1.807) is 11.4 Å². The van der Waals surface area contributed by atoms with E-state index in [9.17, 15) is 27.6 Å². The van der Waals surface area contributed by atoms with E-state index < -0.39 is 37.2 Å². The second-order valence-corrected chi connectivity index (χ2v) is 7.75. The monoisotopic (exact) mass is 471 g/mol. The van der Waals surface area contributed by atoms with Gasteiger partial charge in [0.1, 0.15) is 11.4 Å². The number of amides is 3. The van der Waals surface area contributed by atoms with Crippen LogP contribution >= 0.6 is 11.3 Å². The van der Waals surface area contributed by atoms with Crippen molar-refractivity contribution in [1.82, 2.24) is 10.6 Å². The van der Waals surface area contributed by atoms with Gasteiger partial charge in [-0.1, -0.05) is 30.3 Å². The molecule has 8 nitrogen and oxygen atoms in total. The molecule has 2 heterocycles. The molecule has 0 aliphatic carbocycles. The second kappa shape index (κ2) is 10.5. The molecule has 1 aromatic carbocycles. The lowest BCUT2D eigenvalue weighted by Crippen LogP contribution is -2.44. The molecule has 0 radical (unpaired) electrons. The molecule has 2 aromatic rings. The van der Waals surface area contributed by atoms with Crippen molar-refractivity contribution in [3.63, 3.8) is 0 Å². The van der Waals surface area contributed by atoms with E-state index in [1.165, 1.54) is 16.7 Å². The minimum atomic E-state index is -4.61. The van der Waals surface area contributed by atoms with E-state index in [1.807, 2.05) is 30.3 Å². The van der Waals surface area contributed by atoms with Gasteiger partial charge < -0.3 is 19.7 Å². The maximum absolute atomic E-state index is 12.5. The summed E-state index contributed by atoms with van der Waals surface area (Å²) in [5, 5.41) is 4.02. The first kappa shape index (κ1) is 23.5. The SMILES string of the molecule is O=C(COC(=O)c1cc(-c2ccccc2)c(N2CCOCC2)s1)NC(=O)NCC(F)(F)F. The van der Waals surface area contributed by atoms with E-state index in [4.69, 9.17) is 9.47 Å². The number of rotatable bonds is 6. The summed E-state index contributed by atoms with van der Waals surface area (Å²) in [5.74, 6) is -1.83. The van der Waals surface area contributed by atoms with Gasteiger partial charge in [0.15, 0.2) is 6.61 Å². The third kappa shape index (κ3) is 6.69. The van der Waals surface area contributed by atoms with Gasteiger partial charge in [-0.3, -0.25) is 10.1 Å². The van der Waals surface area contributed by atoms with E-state index in [2.05, 4.69) is 4.90 Å². The number of ether oxygens (including phenoxy) is 2. The maximum atomic E-state index is 12.5. The summed E-state index contributed by atoms with van der Waals surface area (Å²) >= 11 is 1.21. The molecule has 12 heteroatoms. The Morgan fingerprint density at radius 3 is 2.47 bits per heavy atom. The largest absolute Gasteiger partial charge is 0.451 e. The number of halogens is 3. The number of hydrogen-bond donors (Lipinski definition) is 2. The third-order valence-corrected chi connectivity index (χ3v) is 5.51. The van der Waals surface area contributed by atoms with Crippen LogP contribution in [0.1, 0.15) is 9.67 Å². The summed E-state index contributed by atoms with van der Waals surface area (Å²) in [5.41, 5.74) is 1.74. The Morgan fingerprint density at radius 2 is 1.81 bits per heavy atom. The van der Waals surface area contributed by atoms with Crippen molar-refractivity contribution in [2.75, 3.05) is 44.4 Å². The molecule has 1 aliphatic rings. The number of thiophene rings is 1. The van der Waals surface area contributed by atoms with Gasteiger partial charge >= 0.3 is 18.2 Å². The Bertz CT molecular complexity index is 959. The fourth-order valence-corrected chi connectivity index (χ4v) is 4.02. The number of urea groups is 1. The van der Waals surface area contributed by atoms with Crippen LogP contribution < -0.4 is 15.5 Å². The van der Waals surface area contributed by atoms with Gasteiger partial charge in [0.2, 0.25) is 0 Å². The first-order valence-electron chi connectivity index (χ1n) is 9.56. The quantitative estimate of drug-likeness (QED) is 0.629. The Hall–Kier alpha value is -3.12. The van der Waals surface area contributed by atoms with Crippen molar-refractivity contribution in [2.45, 2.75) is 6.18 Å². The van der Waals surface area contributed by atoms with Gasteiger partial charge in [-0.2, -0.15) is 13.2 Å². The fourth-order valence-electron chi connectivity index (χ4n) is 2.90. The van der Waals surface area contributed by atoms with Crippen LogP contribution in [-0.2, 0) is 14.3 Å². The topological polar surface area (TPSA) is 97.0 Å². The van der Waals surface area contributed by atoms with Gasteiger partial charge in [-0.15, -0.1) is 11.3 Å². The van der Waals surface area contributed by atoms with E-state index >= 15 is 0 Å². The summed E-state index contributed by atoms with van der Waals surface area (Å²) in [7, 11) is 0. The van der Waals surface area contributed by atoms with Crippen molar-refractivity contribution >= 4 is 34.2 Å². The van der Waals surface area contributed by atoms with Crippen molar-refractivity contribution in [2.24, 2.45) is 0 Å². The van der Waals surface area contributed by atoms with Crippen LogP contribution in [0, 0.1) is 0 Å². The number of hydrogen-bond acceptors (Lipinski definition) is 7. The Labute approximate surface area is 185 Å². The smallest absolute Gasteiger partial charge is 0.405 e. The Kier molecular flexibility index (Phi) is 7.70. The molecule has 0 bridgehead atoms. The molecule has 32 heavy (non-hydrogen) atoms. The molecule has 2 N–H and O–H groups in total. The highest BCUT2D eigenvalue weighted by Crippen LogP contribution is 2.39. The first-order chi connectivity index (χ1) is 15.2. The minimum absolute atomic E-state index is 0.250. The van der Waals surface area contributed by atoms with Crippen molar-refractivity contribution in [3.8, 4) is 11.1 Å². The molecule has 1 saturated heterocycles. The van der Waals surface area contributed by atoms with E-state index in [0.717, 1.165) is 16.1 Å². The van der Waals surface area contributed by atoms with Crippen molar-refractivity contribution < 1.29 is 37.0 Å². The summed E-state index contributed by atoms with van der Waals surface area (Å²) in [6.07, 6.45) is -4.61. The molecule has 172 valence electrons. The number of benzene rings is 1. The lowest BCUT2D eigenvalue weighted by molar-refractivity contribution is -0.125. The van der Waals surface area contributed by atoms with E-state index in [0.29, 0.717) is 26.3 Å². The zero-order valence-electron chi connectivity index (χ0n) is 16.7. The molecule has 0 atom stereocenters. The molecule has 0 unspecified atom stereocenters. The predicted molar refractivity (Wildman–Crippen MR) is 111 cm³/mol. The highest BCUT2D eigenvalue weighted by atomic mass is 32.1. The van der Waals surface area contributed by atoms with Crippen LogP contribution in [0.4, 0.5) is 23.0 Å². The molecule has 3 amide bonds. The average molecular weight is 471 g/mol. The predicted octanol–water partition coefficient (Wildman–Crippen LogP) is 2.80. The second-order valence-electron chi connectivity index (χ2n) is 6.72. The zero-order valence-corrected chi connectivity index (χ0v) is 17.6. The molecule has 1 fully saturated rings. The molecule has 3 rings (SSSR count). The maximum Gasteiger partial charge on any atom is 0.405 e. The number of morpholine rings is 1. The summed E-state index contributed by atoms with van der Waals surface area (Å²) < 4.78 is 46.6. The highest BCUT2D eigenvalue weighted by Gasteiger charge is 2.28. The summed E-state index contributed by atoms with van der Waals surface area (Å²) in [6, 6.07) is 9.79. The number of carbonyl (C=O) groups excluding carboxylic acids is 3. The summed E-state index contributed by atoms with van der Waals surface area (Å²) in [4.78, 5) is 37.8. The van der Waals surface area contributed by atoms with Crippen LogP contribution in [-0.4, -0.2) is 63.5 Å². The minimum Gasteiger partial charge on any atom is -0.451 e. The number of carbonyl (C=O) groups is 3. The highest BCUT2D eigenvalue weighted by molar-refractivity contribution is 7.18. The number of anilines is 1. The molecular formula is C20H20F3N3O5S. The number of alkyl halides is 3. The first-order valence-corrected chi connectivity index (χ1v) is 10.4. The van der Waals surface area contributed by atoms with Crippen molar-refractivity contribution in [3.05, 3.63) is 41.3 Å². The van der Waals surface area contributed by atoms with Crippen LogP contribution in [0.25, 0.3) is 11.1 Å². The summed E-state index contributed by atoms with van der Waals surface area (Å²) in [6.45, 7) is 0.0247. The number of nitrogens with one attached hydrogen (secondary N) is 2.